The molecule has 0 bridgehead atoms. The highest BCUT2D eigenvalue weighted by Crippen LogP contribution is 2.16. The zero-order chi connectivity index (χ0) is 15.1. The summed E-state index contributed by atoms with van der Waals surface area (Å²) in [5.74, 6) is -0.131. The van der Waals surface area contributed by atoms with E-state index in [0.29, 0.717) is 12.2 Å². The molecule has 112 valence electrons. The fraction of sp³-hybridized carbons (Fsp3) is 0.643. The number of nitrogens with one attached hydrogen (secondary N) is 1. The van der Waals surface area contributed by atoms with Crippen LogP contribution in [-0.4, -0.2) is 27.1 Å². The minimum Gasteiger partial charge on any atom is -0.480 e. The molecular formula is C14H22ClN3O2. The SMILES string of the molecule is CCCCc1cc(NC(CC(C)C)C(=O)O)nc(Cl)n1. The summed E-state index contributed by atoms with van der Waals surface area (Å²) in [5.41, 5.74) is 0.836. The number of hydrogen-bond acceptors (Lipinski definition) is 4. The van der Waals surface area contributed by atoms with Crippen LogP contribution in [0.3, 0.4) is 0 Å². The van der Waals surface area contributed by atoms with Crippen molar-refractivity contribution >= 4 is 23.4 Å². The Morgan fingerprint density at radius 3 is 2.70 bits per heavy atom. The van der Waals surface area contributed by atoms with E-state index in [9.17, 15) is 9.90 Å². The number of unbranched alkanes of at least 4 members (excludes halogenated alkanes) is 1. The predicted molar refractivity (Wildman–Crippen MR) is 80.2 cm³/mol. The lowest BCUT2D eigenvalue weighted by molar-refractivity contribution is -0.138. The second-order valence-corrected chi connectivity index (χ2v) is 5.62. The Labute approximate surface area is 124 Å². The number of carboxylic acid groups (broad SMARTS) is 1. The van der Waals surface area contributed by atoms with Crippen LogP contribution in [0.4, 0.5) is 5.82 Å². The smallest absolute Gasteiger partial charge is 0.326 e. The summed E-state index contributed by atoms with van der Waals surface area (Å²) in [6, 6.07) is 1.11. The standard InChI is InChI=1S/C14H22ClN3O2/c1-4-5-6-10-8-12(18-14(15)16-10)17-11(13(19)20)7-9(2)3/h8-9,11H,4-7H2,1-3H3,(H,19,20)(H,16,17,18). The fourth-order valence-corrected chi connectivity index (χ4v) is 2.10. The normalized spacial score (nSPS) is 12.4. The van der Waals surface area contributed by atoms with Gasteiger partial charge in [0.05, 0.1) is 0 Å². The van der Waals surface area contributed by atoms with Crippen molar-refractivity contribution in [1.29, 1.82) is 0 Å². The first-order valence-corrected chi connectivity index (χ1v) is 7.33. The average molecular weight is 300 g/mol. The van der Waals surface area contributed by atoms with Gasteiger partial charge in [-0.15, -0.1) is 0 Å². The molecule has 6 heteroatoms. The number of anilines is 1. The van der Waals surface area contributed by atoms with Crippen molar-refractivity contribution in [2.45, 2.75) is 52.5 Å². The molecule has 0 aliphatic heterocycles. The largest absolute Gasteiger partial charge is 0.480 e. The van der Waals surface area contributed by atoms with Crippen LogP contribution >= 0.6 is 11.6 Å². The van der Waals surface area contributed by atoms with E-state index in [0.717, 1.165) is 25.0 Å². The Morgan fingerprint density at radius 1 is 1.45 bits per heavy atom. The highest BCUT2D eigenvalue weighted by Gasteiger charge is 2.19. The first kappa shape index (κ1) is 16.7. The molecule has 5 nitrogen and oxygen atoms in total. The Hall–Kier alpha value is -1.36. The maximum absolute atomic E-state index is 11.2. The second-order valence-electron chi connectivity index (χ2n) is 5.28. The van der Waals surface area contributed by atoms with Crippen LogP contribution in [0.2, 0.25) is 5.28 Å². The van der Waals surface area contributed by atoms with E-state index in [1.54, 1.807) is 6.07 Å². The minimum atomic E-state index is -0.886. The van der Waals surface area contributed by atoms with Gasteiger partial charge in [-0.25, -0.2) is 14.8 Å². The van der Waals surface area contributed by atoms with Gasteiger partial charge >= 0.3 is 5.97 Å². The fourth-order valence-electron chi connectivity index (χ4n) is 1.90. The van der Waals surface area contributed by atoms with E-state index in [-0.39, 0.29) is 11.2 Å². The van der Waals surface area contributed by atoms with Gasteiger partial charge in [-0.05, 0) is 36.8 Å². The highest BCUT2D eigenvalue weighted by molar-refractivity contribution is 6.28. The maximum Gasteiger partial charge on any atom is 0.326 e. The van der Waals surface area contributed by atoms with Gasteiger partial charge < -0.3 is 10.4 Å². The van der Waals surface area contributed by atoms with Crippen molar-refractivity contribution in [2.75, 3.05) is 5.32 Å². The molecule has 2 N–H and O–H groups in total. The summed E-state index contributed by atoms with van der Waals surface area (Å²) in [7, 11) is 0. The third-order valence-electron chi connectivity index (χ3n) is 2.87. The van der Waals surface area contributed by atoms with Gasteiger partial charge in [-0.1, -0.05) is 27.2 Å². The molecule has 0 saturated heterocycles. The van der Waals surface area contributed by atoms with Crippen molar-refractivity contribution in [3.63, 3.8) is 0 Å². The maximum atomic E-state index is 11.2. The number of aliphatic carboxylic acids is 1. The highest BCUT2D eigenvalue weighted by atomic mass is 35.5. The van der Waals surface area contributed by atoms with Gasteiger partial charge in [0, 0.05) is 11.8 Å². The number of hydrogen-bond donors (Lipinski definition) is 2. The molecule has 1 heterocycles. The molecule has 0 radical (unpaired) electrons. The summed E-state index contributed by atoms with van der Waals surface area (Å²) in [6.07, 6.45) is 3.42. The van der Waals surface area contributed by atoms with Crippen LogP contribution in [0.25, 0.3) is 0 Å². The van der Waals surface area contributed by atoms with Crippen LogP contribution in [0.5, 0.6) is 0 Å². The van der Waals surface area contributed by atoms with Crippen molar-refractivity contribution in [3.05, 3.63) is 17.0 Å². The summed E-state index contributed by atoms with van der Waals surface area (Å²) in [5, 5.41) is 12.3. The second kappa shape index (κ2) is 8.04. The van der Waals surface area contributed by atoms with Crippen LogP contribution in [0.15, 0.2) is 6.07 Å². The number of carbonyl (C=O) groups is 1. The van der Waals surface area contributed by atoms with Crippen LogP contribution < -0.4 is 5.32 Å². The Morgan fingerprint density at radius 2 is 2.15 bits per heavy atom. The molecule has 0 aliphatic rings. The Kier molecular flexibility index (Phi) is 6.71. The molecule has 1 aromatic heterocycles. The molecule has 0 amide bonds. The lowest BCUT2D eigenvalue weighted by Gasteiger charge is -2.17. The molecule has 1 aromatic rings. The molecule has 0 aliphatic carbocycles. The van der Waals surface area contributed by atoms with E-state index >= 15 is 0 Å². The molecule has 1 atom stereocenters. The van der Waals surface area contributed by atoms with Crippen LogP contribution in [0, 0.1) is 5.92 Å². The first-order chi connectivity index (χ1) is 9.42. The van der Waals surface area contributed by atoms with E-state index in [4.69, 9.17) is 11.6 Å². The lowest BCUT2D eigenvalue weighted by atomic mass is 10.0. The summed E-state index contributed by atoms with van der Waals surface area (Å²) in [4.78, 5) is 19.4. The number of halogens is 1. The van der Waals surface area contributed by atoms with Gasteiger partial charge in [0.15, 0.2) is 0 Å². The summed E-state index contributed by atoms with van der Waals surface area (Å²) in [6.45, 7) is 6.07. The van der Waals surface area contributed by atoms with E-state index in [2.05, 4.69) is 22.2 Å². The topological polar surface area (TPSA) is 75.1 Å². The third kappa shape index (κ3) is 5.74. The lowest BCUT2D eigenvalue weighted by Crippen LogP contribution is -2.31. The van der Waals surface area contributed by atoms with E-state index in [1.807, 2.05) is 13.8 Å². The van der Waals surface area contributed by atoms with Crippen LogP contribution in [0.1, 0.15) is 45.7 Å². The Balaban J connectivity index is 2.83. The number of nitrogens with zero attached hydrogens (tertiary/aromatic N) is 2. The molecule has 0 saturated carbocycles. The average Bonchev–Trinajstić information content (AvgIpc) is 2.34. The molecule has 0 spiro atoms. The van der Waals surface area contributed by atoms with Crippen molar-refractivity contribution in [1.82, 2.24) is 9.97 Å². The summed E-state index contributed by atoms with van der Waals surface area (Å²) < 4.78 is 0. The van der Waals surface area contributed by atoms with Gasteiger partial charge in [-0.2, -0.15) is 0 Å². The monoisotopic (exact) mass is 299 g/mol. The molecule has 0 aromatic carbocycles. The number of aryl methyl sites for hydroxylation is 1. The van der Waals surface area contributed by atoms with Gasteiger partial charge in [0.25, 0.3) is 0 Å². The van der Waals surface area contributed by atoms with Crippen molar-refractivity contribution in [2.24, 2.45) is 5.92 Å². The van der Waals surface area contributed by atoms with E-state index in [1.165, 1.54) is 0 Å². The summed E-state index contributed by atoms with van der Waals surface area (Å²) >= 11 is 5.89. The number of aromatic nitrogens is 2. The predicted octanol–water partition coefficient (Wildman–Crippen LogP) is 3.38. The van der Waals surface area contributed by atoms with Crippen molar-refractivity contribution in [3.8, 4) is 0 Å². The molecule has 1 unspecified atom stereocenters. The van der Waals surface area contributed by atoms with Gasteiger partial charge in [-0.3, -0.25) is 0 Å². The van der Waals surface area contributed by atoms with Crippen LogP contribution in [-0.2, 0) is 11.2 Å². The van der Waals surface area contributed by atoms with Crippen molar-refractivity contribution < 1.29 is 9.90 Å². The molecular weight excluding hydrogens is 278 g/mol. The quantitative estimate of drug-likeness (QED) is 0.720. The molecule has 1 rings (SSSR count). The number of rotatable bonds is 8. The number of carboxylic acids is 1. The minimum absolute atomic E-state index is 0.148. The molecule has 20 heavy (non-hydrogen) atoms. The van der Waals surface area contributed by atoms with E-state index < -0.39 is 12.0 Å². The zero-order valence-corrected chi connectivity index (χ0v) is 12.9. The third-order valence-corrected chi connectivity index (χ3v) is 3.03. The molecule has 0 fully saturated rings. The van der Waals surface area contributed by atoms with Gasteiger partial charge in [0.1, 0.15) is 11.9 Å². The zero-order valence-electron chi connectivity index (χ0n) is 12.2. The van der Waals surface area contributed by atoms with Gasteiger partial charge in [0.2, 0.25) is 5.28 Å². The first-order valence-electron chi connectivity index (χ1n) is 6.95. The Bertz CT molecular complexity index is 452.